The number of hydrogen-bond acceptors (Lipinski definition) is 2. The van der Waals surface area contributed by atoms with Crippen LogP contribution in [0, 0.1) is 0 Å². The standard InChI is InChI=1S/C11H12N2O2/c1-7(14)12-9-4-3-8-6-13(2)11(15)10(8)5-9/h3-5H,6H2,1-2H3,(H,12,14). The van der Waals surface area contributed by atoms with Gasteiger partial charge in [0.1, 0.15) is 0 Å². The molecule has 0 spiro atoms. The molecule has 0 atom stereocenters. The van der Waals surface area contributed by atoms with Gasteiger partial charge in [-0.25, -0.2) is 0 Å². The second-order valence-electron chi connectivity index (χ2n) is 3.71. The van der Waals surface area contributed by atoms with Gasteiger partial charge in [-0.05, 0) is 17.7 Å². The van der Waals surface area contributed by atoms with Gasteiger partial charge >= 0.3 is 0 Å². The minimum atomic E-state index is -0.131. The van der Waals surface area contributed by atoms with Crippen molar-refractivity contribution in [3.05, 3.63) is 29.3 Å². The monoisotopic (exact) mass is 204 g/mol. The topological polar surface area (TPSA) is 49.4 Å². The maximum absolute atomic E-state index is 11.6. The van der Waals surface area contributed by atoms with Crippen molar-refractivity contribution in [2.24, 2.45) is 0 Å². The molecule has 0 aliphatic carbocycles. The average Bonchev–Trinajstić information content (AvgIpc) is 2.43. The van der Waals surface area contributed by atoms with Crippen LogP contribution in [0.25, 0.3) is 0 Å². The second-order valence-corrected chi connectivity index (χ2v) is 3.71. The molecule has 1 aliphatic rings. The number of amides is 2. The molecular formula is C11H12N2O2. The summed E-state index contributed by atoms with van der Waals surface area (Å²) < 4.78 is 0. The fourth-order valence-electron chi connectivity index (χ4n) is 1.73. The van der Waals surface area contributed by atoms with Gasteiger partial charge < -0.3 is 10.2 Å². The number of anilines is 1. The van der Waals surface area contributed by atoms with Gasteiger partial charge in [-0.1, -0.05) is 6.07 Å². The lowest BCUT2D eigenvalue weighted by Gasteiger charge is -2.04. The molecule has 2 rings (SSSR count). The molecule has 0 radical (unpaired) electrons. The zero-order valence-corrected chi connectivity index (χ0v) is 8.70. The summed E-state index contributed by atoms with van der Waals surface area (Å²) in [5.41, 5.74) is 2.37. The Morgan fingerprint density at radius 3 is 2.87 bits per heavy atom. The zero-order valence-electron chi connectivity index (χ0n) is 8.70. The van der Waals surface area contributed by atoms with E-state index in [4.69, 9.17) is 0 Å². The molecule has 4 heteroatoms. The minimum Gasteiger partial charge on any atom is -0.337 e. The maximum Gasteiger partial charge on any atom is 0.254 e. The lowest BCUT2D eigenvalue weighted by Crippen LogP contribution is -2.17. The number of nitrogens with one attached hydrogen (secondary N) is 1. The number of carbonyl (C=O) groups is 2. The molecule has 0 saturated heterocycles. The fraction of sp³-hybridized carbons (Fsp3) is 0.273. The quantitative estimate of drug-likeness (QED) is 0.748. The molecule has 1 aromatic carbocycles. The molecule has 78 valence electrons. The van der Waals surface area contributed by atoms with E-state index in [9.17, 15) is 9.59 Å². The lowest BCUT2D eigenvalue weighted by molar-refractivity contribution is -0.114. The Kier molecular flexibility index (Phi) is 2.19. The van der Waals surface area contributed by atoms with Crippen molar-refractivity contribution in [3.63, 3.8) is 0 Å². The molecular weight excluding hydrogens is 192 g/mol. The Hall–Kier alpha value is -1.84. The Labute approximate surface area is 87.9 Å². The van der Waals surface area contributed by atoms with Gasteiger partial charge in [0.15, 0.2) is 0 Å². The summed E-state index contributed by atoms with van der Waals surface area (Å²) in [6.45, 7) is 2.09. The van der Waals surface area contributed by atoms with E-state index in [1.165, 1.54) is 6.92 Å². The van der Waals surface area contributed by atoms with Gasteiger partial charge in [0, 0.05) is 31.8 Å². The number of fused-ring (bicyclic) bond motifs is 1. The number of rotatable bonds is 1. The van der Waals surface area contributed by atoms with Crippen LogP contribution in [-0.2, 0) is 11.3 Å². The molecule has 2 amide bonds. The highest BCUT2D eigenvalue weighted by atomic mass is 16.2. The Bertz CT molecular complexity index is 440. The van der Waals surface area contributed by atoms with Crippen molar-refractivity contribution in [2.75, 3.05) is 12.4 Å². The first-order valence-electron chi connectivity index (χ1n) is 4.74. The van der Waals surface area contributed by atoms with E-state index in [2.05, 4.69) is 5.32 Å². The highest BCUT2D eigenvalue weighted by Crippen LogP contribution is 2.24. The summed E-state index contributed by atoms with van der Waals surface area (Å²) >= 11 is 0. The predicted octanol–water partition coefficient (Wildman–Crippen LogP) is 1.23. The SMILES string of the molecule is CC(=O)Nc1ccc2c(c1)C(=O)N(C)C2. The molecule has 15 heavy (non-hydrogen) atoms. The maximum atomic E-state index is 11.6. The number of benzene rings is 1. The third-order valence-corrected chi connectivity index (χ3v) is 2.41. The first kappa shape index (κ1) is 9.71. The van der Waals surface area contributed by atoms with Gasteiger partial charge in [-0.2, -0.15) is 0 Å². The van der Waals surface area contributed by atoms with Crippen molar-refractivity contribution >= 4 is 17.5 Å². The highest BCUT2D eigenvalue weighted by Gasteiger charge is 2.24. The molecule has 0 saturated carbocycles. The molecule has 0 bridgehead atoms. The molecule has 0 fully saturated rings. The first-order chi connectivity index (χ1) is 7.08. The lowest BCUT2D eigenvalue weighted by atomic mass is 10.1. The van der Waals surface area contributed by atoms with Crippen LogP contribution >= 0.6 is 0 Å². The van der Waals surface area contributed by atoms with Crippen LogP contribution in [-0.4, -0.2) is 23.8 Å². The second kappa shape index (κ2) is 3.38. The molecule has 0 aromatic heterocycles. The molecule has 4 nitrogen and oxygen atoms in total. The van der Waals surface area contributed by atoms with Gasteiger partial charge in [0.2, 0.25) is 5.91 Å². The van der Waals surface area contributed by atoms with E-state index in [1.54, 1.807) is 18.0 Å². The third-order valence-electron chi connectivity index (χ3n) is 2.41. The van der Waals surface area contributed by atoms with Crippen molar-refractivity contribution in [2.45, 2.75) is 13.5 Å². The van der Waals surface area contributed by atoms with Crippen LogP contribution in [0.4, 0.5) is 5.69 Å². The Morgan fingerprint density at radius 2 is 2.20 bits per heavy atom. The van der Waals surface area contributed by atoms with Crippen LogP contribution in [0.3, 0.4) is 0 Å². The summed E-state index contributed by atoms with van der Waals surface area (Å²) in [5, 5.41) is 2.66. The highest BCUT2D eigenvalue weighted by molar-refractivity contribution is 6.00. The molecule has 1 heterocycles. The fourth-order valence-corrected chi connectivity index (χ4v) is 1.73. The van der Waals surface area contributed by atoms with Crippen molar-refractivity contribution in [1.82, 2.24) is 4.90 Å². The van der Waals surface area contributed by atoms with E-state index < -0.39 is 0 Å². The van der Waals surface area contributed by atoms with E-state index in [0.29, 0.717) is 17.8 Å². The van der Waals surface area contributed by atoms with Crippen molar-refractivity contribution in [1.29, 1.82) is 0 Å². The molecule has 1 aromatic rings. The Morgan fingerprint density at radius 1 is 1.47 bits per heavy atom. The third kappa shape index (κ3) is 1.70. The van der Waals surface area contributed by atoms with Gasteiger partial charge in [-0.15, -0.1) is 0 Å². The van der Waals surface area contributed by atoms with Crippen LogP contribution in [0.5, 0.6) is 0 Å². The number of carbonyl (C=O) groups excluding carboxylic acids is 2. The van der Waals surface area contributed by atoms with Gasteiger partial charge in [-0.3, -0.25) is 9.59 Å². The van der Waals surface area contributed by atoms with Crippen LogP contribution in [0.1, 0.15) is 22.8 Å². The largest absolute Gasteiger partial charge is 0.337 e. The average molecular weight is 204 g/mol. The van der Waals surface area contributed by atoms with Crippen molar-refractivity contribution < 1.29 is 9.59 Å². The molecule has 0 unspecified atom stereocenters. The van der Waals surface area contributed by atoms with Crippen LogP contribution in [0.15, 0.2) is 18.2 Å². The van der Waals surface area contributed by atoms with Gasteiger partial charge in [0.25, 0.3) is 5.91 Å². The van der Waals surface area contributed by atoms with E-state index in [0.717, 1.165) is 5.56 Å². The summed E-state index contributed by atoms with van der Waals surface area (Å²) in [5.74, 6) is -0.119. The van der Waals surface area contributed by atoms with Crippen molar-refractivity contribution in [3.8, 4) is 0 Å². The first-order valence-corrected chi connectivity index (χ1v) is 4.74. The van der Waals surface area contributed by atoms with E-state index >= 15 is 0 Å². The summed E-state index contributed by atoms with van der Waals surface area (Å²) in [7, 11) is 1.76. The number of nitrogens with zero attached hydrogens (tertiary/aromatic N) is 1. The predicted molar refractivity (Wildman–Crippen MR) is 56.5 cm³/mol. The minimum absolute atomic E-state index is 0.0113. The van der Waals surface area contributed by atoms with E-state index in [1.807, 2.05) is 12.1 Å². The van der Waals surface area contributed by atoms with Crippen LogP contribution in [0.2, 0.25) is 0 Å². The summed E-state index contributed by atoms with van der Waals surface area (Å²) in [6.07, 6.45) is 0. The Balaban J connectivity index is 2.35. The van der Waals surface area contributed by atoms with Gasteiger partial charge in [0.05, 0.1) is 0 Å². The van der Waals surface area contributed by atoms with Crippen LogP contribution < -0.4 is 5.32 Å². The summed E-state index contributed by atoms with van der Waals surface area (Å²) in [4.78, 5) is 24.2. The normalized spacial score (nSPS) is 14.0. The summed E-state index contributed by atoms with van der Waals surface area (Å²) in [6, 6.07) is 5.41. The smallest absolute Gasteiger partial charge is 0.254 e. The number of hydrogen-bond donors (Lipinski definition) is 1. The molecule has 1 aliphatic heterocycles. The molecule has 1 N–H and O–H groups in total. The zero-order chi connectivity index (χ0) is 11.0. The van der Waals surface area contributed by atoms with E-state index in [-0.39, 0.29) is 11.8 Å².